The molecule has 1 aromatic carbocycles. The number of rotatable bonds is 2. The van der Waals surface area contributed by atoms with Gasteiger partial charge in [-0.15, -0.1) is 0 Å². The number of nitrogens with one attached hydrogen (secondary N) is 1. The molecule has 0 radical (unpaired) electrons. The maximum Gasteiger partial charge on any atom is 0.225 e. The Labute approximate surface area is 173 Å². The lowest BCUT2D eigenvalue weighted by atomic mass is 9.63. The monoisotopic (exact) mass is 392 g/mol. The van der Waals surface area contributed by atoms with Crippen molar-refractivity contribution in [2.45, 2.75) is 51.4 Å². The summed E-state index contributed by atoms with van der Waals surface area (Å²) >= 11 is 0. The third kappa shape index (κ3) is 3.68. The van der Waals surface area contributed by atoms with Crippen molar-refractivity contribution in [1.29, 1.82) is 5.41 Å². The molecule has 1 fully saturated rings. The maximum atomic E-state index is 7.60. The molecule has 4 rings (SSSR count). The molecular weight excluding hydrogens is 360 g/mol. The molecule has 2 heterocycles. The van der Waals surface area contributed by atoms with E-state index in [1.807, 2.05) is 17.2 Å². The van der Waals surface area contributed by atoms with Gasteiger partial charge in [-0.1, -0.05) is 39.8 Å². The highest BCUT2D eigenvalue weighted by Crippen LogP contribution is 2.46. The van der Waals surface area contributed by atoms with Crippen molar-refractivity contribution in [3.8, 4) is 11.3 Å². The average Bonchev–Trinajstić information content (AvgIpc) is 2.71. The largest absolute Gasteiger partial charge is 0.370 e. The van der Waals surface area contributed by atoms with Crippen LogP contribution in [0.4, 0.5) is 5.95 Å². The SMILES string of the molecule is CC1(C)CCC(C)(C)c2cc(-c3ccnc(N4CCN(C(=N)N)CC4)n3)ccc21. The van der Waals surface area contributed by atoms with E-state index in [-0.39, 0.29) is 16.8 Å². The lowest BCUT2D eigenvalue weighted by Gasteiger charge is -2.42. The molecule has 0 spiro atoms. The van der Waals surface area contributed by atoms with Crippen LogP contribution in [0.15, 0.2) is 30.5 Å². The van der Waals surface area contributed by atoms with E-state index in [2.05, 4.69) is 55.8 Å². The molecule has 0 atom stereocenters. The van der Waals surface area contributed by atoms with Crippen molar-refractivity contribution >= 4 is 11.9 Å². The number of guanidine groups is 1. The number of piperazine rings is 1. The Bertz CT molecular complexity index is 925. The number of nitrogens with two attached hydrogens (primary N) is 1. The molecule has 1 aliphatic heterocycles. The van der Waals surface area contributed by atoms with Gasteiger partial charge in [0.25, 0.3) is 0 Å². The normalized spacial score (nSPS) is 20.3. The maximum absolute atomic E-state index is 7.60. The minimum absolute atomic E-state index is 0.138. The Balaban J connectivity index is 1.64. The Morgan fingerprint density at radius 3 is 2.28 bits per heavy atom. The van der Waals surface area contributed by atoms with Crippen LogP contribution in [0.3, 0.4) is 0 Å². The van der Waals surface area contributed by atoms with Gasteiger partial charge in [0.05, 0.1) is 5.69 Å². The van der Waals surface area contributed by atoms with E-state index in [9.17, 15) is 0 Å². The zero-order valence-corrected chi connectivity index (χ0v) is 18.0. The predicted molar refractivity (Wildman–Crippen MR) is 118 cm³/mol. The van der Waals surface area contributed by atoms with Crippen molar-refractivity contribution in [2.75, 3.05) is 31.1 Å². The number of benzene rings is 1. The van der Waals surface area contributed by atoms with Crippen LogP contribution >= 0.6 is 0 Å². The van der Waals surface area contributed by atoms with Crippen molar-refractivity contribution in [3.05, 3.63) is 41.6 Å². The van der Waals surface area contributed by atoms with Gasteiger partial charge in [0.2, 0.25) is 5.95 Å². The number of anilines is 1. The quantitative estimate of drug-likeness (QED) is 0.604. The lowest BCUT2D eigenvalue weighted by molar-refractivity contribution is 0.332. The van der Waals surface area contributed by atoms with Gasteiger partial charge in [-0.2, -0.15) is 0 Å². The predicted octanol–water partition coefficient (Wildman–Crippen LogP) is 3.51. The number of hydrogen-bond acceptors (Lipinski definition) is 4. The summed E-state index contributed by atoms with van der Waals surface area (Å²) in [6, 6.07) is 8.86. The Morgan fingerprint density at radius 1 is 0.966 bits per heavy atom. The standard InChI is InChI=1S/C23H32N6/c1-22(2)8-9-23(3,4)18-15-16(5-6-17(18)22)19-7-10-26-21(27-19)29-13-11-28(12-14-29)20(24)25/h5-7,10,15H,8-9,11-14H2,1-4H3,(H3,24,25). The van der Waals surface area contributed by atoms with Gasteiger partial charge in [0.1, 0.15) is 0 Å². The van der Waals surface area contributed by atoms with Gasteiger partial charge in [-0.25, -0.2) is 9.97 Å². The summed E-state index contributed by atoms with van der Waals surface area (Å²) in [6.07, 6.45) is 4.27. The molecule has 29 heavy (non-hydrogen) atoms. The highest BCUT2D eigenvalue weighted by atomic mass is 15.3. The van der Waals surface area contributed by atoms with Gasteiger partial charge in [0, 0.05) is 37.9 Å². The van der Waals surface area contributed by atoms with Gasteiger partial charge in [-0.05, 0) is 46.9 Å². The van der Waals surface area contributed by atoms with Gasteiger partial charge in [-0.3, -0.25) is 5.41 Å². The van der Waals surface area contributed by atoms with Crippen LogP contribution in [0.1, 0.15) is 51.7 Å². The molecule has 6 nitrogen and oxygen atoms in total. The van der Waals surface area contributed by atoms with E-state index < -0.39 is 0 Å². The molecule has 1 saturated heterocycles. The highest BCUT2D eigenvalue weighted by molar-refractivity contribution is 5.75. The van der Waals surface area contributed by atoms with E-state index in [1.54, 1.807) is 0 Å². The Hall–Kier alpha value is -2.63. The fourth-order valence-corrected chi connectivity index (χ4v) is 4.56. The minimum Gasteiger partial charge on any atom is -0.370 e. The first-order valence-corrected chi connectivity index (χ1v) is 10.5. The Morgan fingerprint density at radius 2 is 1.62 bits per heavy atom. The first-order valence-electron chi connectivity index (χ1n) is 10.5. The summed E-state index contributed by atoms with van der Waals surface area (Å²) in [5.41, 5.74) is 11.0. The van der Waals surface area contributed by atoms with Crippen LogP contribution in [0.2, 0.25) is 0 Å². The molecule has 3 N–H and O–H groups in total. The van der Waals surface area contributed by atoms with Crippen molar-refractivity contribution < 1.29 is 0 Å². The second kappa shape index (κ2) is 7.01. The summed E-state index contributed by atoms with van der Waals surface area (Å²) in [5, 5.41) is 7.60. The van der Waals surface area contributed by atoms with Crippen molar-refractivity contribution in [3.63, 3.8) is 0 Å². The fourth-order valence-electron chi connectivity index (χ4n) is 4.56. The molecule has 0 saturated carbocycles. The van der Waals surface area contributed by atoms with Crippen molar-refractivity contribution in [2.24, 2.45) is 5.73 Å². The summed E-state index contributed by atoms with van der Waals surface area (Å²) in [4.78, 5) is 13.4. The van der Waals surface area contributed by atoms with E-state index >= 15 is 0 Å². The molecule has 2 aliphatic rings. The summed E-state index contributed by atoms with van der Waals surface area (Å²) in [5.74, 6) is 0.891. The zero-order valence-electron chi connectivity index (χ0n) is 18.0. The van der Waals surface area contributed by atoms with E-state index in [0.717, 1.165) is 43.4 Å². The molecule has 0 unspecified atom stereocenters. The second-order valence-electron chi connectivity index (χ2n) is 9.63. The zero-order chi connectivity index (χ0) is 20.8. The smallest absolute Gasteiger partial charge is 0.225 e. The number of aromatic nitrogens is 2. The molecular formula is C23H32N6. The summed E-state index contributed by atoms with van der Waals surface area (Å²) in [7, 11) is 0. The summed E-state index contributed by atoms with van der Waals surface area (Å²) < 4.78 is 0. The van der Waals surface area contributed by atoms with E-state index in [1.165, 1.54) is 24.0 Å². The molecule has 0 amide bonds. The number of fused-ring (bicyclic) bond motifs is 1. The first-order chi connectivity index (χ1) is 13.7. The third-order valence-electron chi connectivity index (χ3n) is 6.69. The number of nitrogens with zero attached hydrogens (tertiary/aromatic N) is 4. The molecule has 0 bridgehead atoms. The molecule has 1 aromatic heterocycles. The van der Waals surface area contributed by atoms with Gasteiger partial charge >= 0.3 is 0 Å². The molecule has 1 aliphatic carbocycles. The molecule has 154 valence electrons. The molecule has 2 aromatic rings. The number of hydrogen-bond donors (Lipinski definition) is 2. The Kier molecular flexibility index (Phi) is 4.75. The van der Waals surface area contributed by atoms with Gasteiger partial charge < -0.3 is 15.5 Å². The first kappa shape index (κ1) is 19.7. The minimum atomic E-state index is 0.138. The second-order valence-corrected chi connectivity index (χ2v) is 9.63. The van der Waals surface area contributed by atoms with Crippen molar-refractivity contribution in [1.82, 2.24) is 14.9 Å². The van der Waals surface area contributed by atoms with Crippen LogP contribution in [-0.2, 0) is 10.8 Å². The molecule has 6 heteroatoms. The highest BCUT2D eigenvalue weighted by Gasteiger charge is 2.37. The van der Waals surface area contributed by atoms with Crippen LogP contribution in [0.5, 0.6) is 0 Å². The van der Waals surface area contributed by atoms with E-state index in [0.29, 0.717) is 0 Å². The average molecular weight is 393 g/mol. The third-order valence-corrected chi connectivity index (χ3v) is 6.69. The lowest BCUT2D eigenvalue weighted by Crippen LogP contribution is -2.51. The van der Waals surface area contributed by atoms with Crippen LogP contribution < -0.4 is 10.6 Å². The van der Waals surface area contributed by atoms with Gasteiger partial charge in [0.15, 0.2) is 5.96 Å². The summed E-state index contributed by atoms with van der Waals surface area (Å²) in [6.45, 7) is 12.4. The van der Waals surface area contributed by atoms with Crippen LogP contribution in [0.25, 0.3) is 11.3 Å². The fraction of sp³-hybridized carbons (Fsp3) is 0.522. The van der Waals surface area contributed by atoms with Crippen LogP contribution in [0, 0.1) is 5.41 Å². The van der Waals surface area contributed by atoms with Crippen LogP contribution in [-0.4, -0.2) is 47.0 Å². The van der Waals surface area contributed by atoms with E-state index in [4.69, 9.17) is 16.1 Å². The topological polar surface area (TPSA) is 82.1 Å².